The van der Waals surface area contributed by atoms with E-state index < -0.39 is 22.0 Å². The summed E-state index contributed by atoms with van der Waals surface area (Å²) in [5.41, 5.74) is 3.64. The highest BCUT2D eigenvalue weighted by molar-refractivity contribution is 7.89. The molecule has 0 bridgehead atoms. The monoisotopic (exact) mass is 413 g/mol. The largest absolute Gasteiger partial charge is 0.480 e. The summed E-state index contributed by atoms with van der Waals surface area (Å²) in [6, 6.07) is 9.48. The molecule has 29 heavy (non-hydrogen) atoms. The first-order chi connectivity index (χ1) is 13.8. The number of rotatable bonds is 6. The quantitative estimate of drug-likeness (QED) is 0.618. The number of furan rings is 1. The summed E-state index contributed by atoms with van der Waals surface area (Å²) in [5, 5.41) is 11.1. The summed E-state index contributed by atoms with van der Waals surface area (Å²) >= 11 is 0. The fraction of sp³-hybridized carbons (Fsp3) is 0.318. The van der Waals surface area contributed by atoms with Crippen LogP contribution in [-0.2, 0) is 14.8 Å². The molecule has 152 valence electrons. The summed E-state index contributed by atoms with van der Waals surface area (Å²) < 4.78 is 33.6. The topological polar surface area (TPSA) is 96.6 Å². The van der Waals surface area contributed by atoms with Crippen LogP contribution in [0.3, 0.4) is 0 Å². The molecule has 1 aliphatic carbocycles. The van der Waals surface area contributed by atoms with Crippen LogP contribution in [0.15, 0.2) is 51.8 Å². The first-order valence-electron chi connectivity index (χ1n) is 9.67. The second-order valence-electron chi connectivity index (χ2n) is 7.77. The molecule has 0 aliphatic heterocycles. The molecule has 6 nitrogen and oxygen atoms in total. The van der Waals surface area contributed by atoms with Gasteiger partial charge in [-0.1, -0.05) is 26.0 Å². The molecule has 1 aromatic heterocycles. The highest BCUT2D eigenvalue weighted by Gasteiger charge is 2.28. The molecule has 0 spiro atoms. The van der Waals surface area contributed by atoms with Crippen molar-refractivity contribution in [2.45, 2.75) is 44.0 Å². The Morgan fingerprint density at radius 1 is 1.10 bits per heavy atom. The van der Waals surface area contributed by atoms with Crippen molar-refractivity contribution in [1.82, 2.24) is 4.72 Å². The zero-order valence-electron chi connectivity index (χ0n) is 16.3. The highest BCUT2D eigenvalue weighted by atomic mass is 32.2. The van der Waals surface area contributed by atoms with E-state index >= 15 is 0 Å². The first-order valence-corrected chi connectivity index (χ1v) is 11.2. The standard InChI is InChI=1S/C22H23NO5S/c1-13(2)21(22(24)25)23-29(26,27)16-8-9-17-18-11-15(14-5-3-4-6-14)7-10-19(18)28-20(17)12-16/h5,7-13,21,23H,3-4,6H2,1-2H3,(H,24,25). The van der Waals surface area contributed by atoms with Gasteiger partial charge in [-0.3, -0.25) is 4.79 Å². The van der Waals surface area contributed by atoms with Crippen molar-refractivity contribution in [1.29, 1.82) is 0 Å². The van der Waals surface area contributed by atoms with Crippen molar-refractivity contribution < 1.29 is 22.7 Å². The summed E-state index contributed by atoms with van der Waals surface area (Å²) in [6.07, 6.45) is 5.59. The summed E-state index contributed by atoms with van der Waals surface area (Å²) in [7, 11) is -4.00. The molecule has 1 aliphatic rings. The maximum absolute atomic E-state index is 12.7. The number of sulfonamides is 1. The number of allylic oxidation sites excluding steroid dienone is 2. The fourth-order valence-corrected chi connectivity index (χ4v) is 5.12. The van der Waals surface area contributed by atoms with Gasteiger partial charge in [0.1, 0.15) is 17.2 Å². The first kappa shape index (κ1) is 19.7. The molecule has 7 heteroatoms. The van der Waals surface area contributed by atoms with Gasteiger partial charge in [0.25, 0.3) is 0 Å². The molecule has 0 amide bonds. The van der Waals surface area contributed by atoms with E-state index in [0.717, 1.165) is 29.2 Å². The Hall–Kier alpha value is -2.64. The van der Waals surface area contributed by atoms with Crippen molar-refractivity contribution in [2.75, 3.05) is 0 Å². The van der Waals surface area contributed by atoms with Gasteiger partial charge in [0.05, 0.1) is 4.90 Å². The second kappa shape index (κ2) is 7.31. The third-order valence-electron chi connectivity index (χ3n) is 5.38. The van der Waals surface area contributed by atoms with Gasteiger partial charge in [0, 0.05) is 16.8 Å². The Kier molecular flexibility index (Phi) is 4.96. The smallest absolute Gasteiger partial charge is 0.322 e. The fourth-order valence-electron chi connectivity index (χ4n) is 3.76. The van der Waals surface area contributed by atoms with Crippen LogP contribution in [0.1, 0.15) is 38.7 Å². The molecular formula is C22H23NO5S. The van der Waals surface area contributed by atoms with Gasteiger partial charge < -0.3 is 9.52 Å². The SMILES string of the molecule is CC(C)C(NS(=O)(=O)c1ccc2c(c1)oc1ccc(C3=CCCC3)cc12)C(=O)O. The lowest BCUT2D eigenvalue weighted by molar-refractivity contribution is -0.140. The zero-order valence-corrected chi connectivity index (χ0v) is 17.1. The predicted octanol–water partition coefficient (Wildman–Crippen LogP) is 4.54. The van der Waals surface area contributed by atoms with Crippen molar-refractivity contribution in [3.8, 4) is 0 Å². The third-order valence-corrected chi connectivity index (χ3v) is 6.82. The van der Waals surface area contributed by atoms with Gasteiger partial charge in [-0.2, -0.15) is 4.72 Å². The average molecular weight is 413 g/mol. The maximum atomic E-state index is 12.7. The number of benzene rings is 2. The van der Waals surface area contributed by atoms with Gasteiger partial charge in [0.15, 0.2) is 0 Å². The molecular weight excluding hydrogens is 390 g/mol. The van der Waals surface area contributed by atoms with E-state index in [2.05, 4.69) is 16.9 Å². The Morgan fingerprint density at radius 2 is 1.90 bits per heavy atom. The van der Waals surface area contributed by atoms with Crippen LogP contribution in [0.5, 0.6) is 0 Å². The minimum atomic E-state index is -4.00. The van der Waals surface area contributed by atoms with Crippen LogP contribution >= 0.6 is 0 Å². The van der Waals surface area contributed by atoms with Gasteiger partial charge >= 0.3 is 5.97 Å². The molecule has 2 aromatic carbocycles. The van der Waals surface area contributed by atoms with Crippen molar-refractivity contribution in [3.05, 3.63) is 48.0 Å². The Bertz CT molecular complexity index is 1240. The van der Waals surface area contributed by atoms with Gasteiger partial charge in [-0.05, 0) is 60.6 Å². The van der Waals surface area contributed by atoms with Crippen LogP contribution in [0.25, 0.3) is 27.5 Å². The summed E-state index contributed by atoms with van der Waals surface area (Å²) in [4.78, 5) is 11.4. The van der Waals surface area contributed by atoms with E-state index in [1.54, 1.807) is 19.9 Å². The molecule has 3 aromatic rings. The average Bonchev–Trinajstić information content (AvgIpc) is 3.32. The molecule has 0 radical (unpaired) electrons. The van der Waals surface area contributed by atoms with Crippen LogP contribution in [0, 0.1) is 5.92 Å². The second-order valence-corrected chi connectivity index (χ2v) is 9.49. The van der Waals surface area contributed by atoms with E-state index in [1.807, 2.05) is 12.1 Å². The predicted molar refractivity (Wildman–Crippen MR) is 112 cm³/mol. The third kappa shape index (κ3) is 3.68. The Balaban J connectivity index is 1.74. The van der Waals surface area contributed by atoms with E-state index in [1.165, 1.54) is 24.1 Å². The van der Waals surface area contributed by atoms with E-state index in [9.17, 15) is 18.3 Å². The minimum Gasteiger partial charge on any atom is -0.480 e. The number of carboxylic acids is 1. The van der Waals surface area contributed by atoms with Crippen molar-refractivity contribution in [3.63, 3.8) is 0 Å². The highest BCUT2D eigenvalue weighted by Crippen LogP contribution is 2.35. The Morgan fingerprint density at radius 3 is 2.55 bits per heavy atom. The van der Waals surface area contributed by atoms with Crippen LogP contribution in [0.2, 0.25) is 0 Å². The van der Waals surface area contributed by atoms with Gasteiger partial charge in [-0.15, -0.1) is 0 Å². The Labute approximate surface area is 169 Å². The molecule has 1 atom stereocenters. The normalized spacial score (nSPS) is 15.9. The van der Waals surface area contributed by atoms with Crippen molar-refractivity contribution in [2.24, 2.45) is 5.92 Å². The number of hydrogen-bond donors (Lipinski definition) is 2. The molecule has 0 fully saturated rings. The van der Waals surface area contributed by atoms with Crippen LogP contribution in [-0.4, -0.2) is 25.5 Å². The number of carbonyl (C=O) groups is 1. The minimum absolute atomic E-state index is 0.0188. The lowest BCUT2D eigenvalue weighted by Crippen LogP contribution is -2.44. The molecule has 4 rings (SSSR count). The molecule has 0 saturated carbocycles. The lowest BCUT2D eigenvalue weighted by atomic mass is 10.0. The van der Waals surface area contributed by atoms with E-state index in [-0.39, 0.29) is 10.8 Å². The molecule has 1 heterocycles. The van der Waals surface area contributed by atoms with Crippen molar-refractivity contribution >= 4 is 43.5 Å². The number of hydrogen-bond acceptors (Lipinski definition) is 4. The number of carboxylic acid groups (broad SMARTS) is 1. The number of nitrogens with one attached hydrogen (secondary N) is 1. The molecule has 1 unspecified atom stereocenters. The zero-order chi connectivity index (χ0) is 20.8. The summed E-state index contributed by atoms with van der Waals surface area (Å²) in [5.74, 6) is -1.59. The molecule has 2 N–H and O–H groups in total. The van der Waals surface area contributed by atoms with Crippen LogP contribution < -0.4 is 4.72 Å². The van der Waals surface area contributed by atoms with Gasteiger partial charge in [-0.25, -0.2) is 8.42 Å². The van der Waals surface area contributed by atoms with Crippen LogP contribution in [0.4, 0.5) is 0 Å². The summed E-state index contributed by atoms with van der Waals surface area (Å²) in [6.45, 7) is 3.31. The molecule has 0 saturated heterocycles. The number of fused-ring (bicyclic) bond motifs is 3. The number of aliphatic carboxylic acids is 1. The van der Waals surface area contributed by atoms with E-state index in [0.29, 0.717) is 11.2 Å². The maximum Gasteiger partial charge on any atom is 0.322 e. The lowest BCUT2D eigenvalue weighted by Gasteiger charge is -2.17. The van der Waals surface area contributed by atoms with E-state index in [4.69, 9.17) is 4.42 Å². The van der Waals surface area contributed by atoms with Gasteiger partial charge in [0.2, 0.25) is 10.0 Å².